The fourth-order valence-electron chi connectivity index (χ4n) is 4.82. The molecule has 0 radical (unpaired) electrons. The van der Waals surface area contributed by atoms with Crippen molar-refractivity contribution in [3.8, 4) is 0 Å². The molecule has 0 amide bonds. The molecule has 0 aliphatic carbocycles. The Hall–Kier alpha value is -2.72. The van der Waals surface area contributed by atoms with Gasteiger partial charge in [0.2, 0.25) is 0 Å². The van der Waals surface area contributed by atoms with Crippen molar-refractivity contribution in [1.82, 2.24) is 29.1 Å². The third kappa shape index (κ3) is 7.96. The third-order valence-corrected chi connectivity index (χ3v) is 12.8. The van der Waals surface area contributed by atoms with E-state index in [0.29, 0.717) is 0 Å². The summed E-state index contributed by atoms with van der Waals surface area (Å²) in [5, 5.41) is 31.2. The molecule has 5 unspecified atom stereocenters. The standard InChI is InChI=1S/C21H30N7O16P3/c1-9-3-27(21(33)26-19(9)32)13-2-10(29)11(42-13)4-40-45(34,35)8-46(36,37)44-47(38,39)41-5-12-15(30)16(31)20(43-12)28-7-25-14-17(22)23-6-24-18(14)28/h3,6-7,10-13,15-16,20,29-31H,2,4-5,8H2,1H3,(H,34,35)(H,36,37)(H,38,39)(H2,22,23,24)(H,26,32,33)/t10-,11+,12+,13?,15+,16+,20?/m0/s1. The average molecular weight is 729 g/mol. The van der Waals surface area contributed by atoms with Gasteiger partial charge >= 0.3 is 28.7 Å². The molecule has 10 atom stereocenters. The van der Waals surface area contributed by atoms with Gasteiger partial charge in [0.05, 0.1) is 25.6 Å². The number of nitrogens with zero attached hydrogens (tertiary/aromatic N) is 5. The van der Waals surface area contributed by atoms with Crippen LogP contribution in [0.2, 0.25) is 0 Å². The van der Waals surface area contributed by atoms with Crippen molar-refractivity contribution in [2.45, 2.75) is 56.3 Å². The number of nitrogens with one attached hydrogen (secondary N) is 1. The minimum Gasteiger partial charge on any atom is -0.390 e. The molecule has 2 aliphatic rings. The summed E-state index contributed by atoms with van der Waals surface area (Å²) in [6.45, 7) is -0.353. The van der Waals surface area contributed by atoms with Gasteiger partial charge in [-0.2, -0.15) is 0 Å². The molecule has 47 heavy (non-hydrogen) atoms. The normalized spacial score (nSPS) is 30.2. The quantitative estimate of drug-likeness (QED) is 0.0935. The lowest BCUT2D eigenvalue weighted by Crippen LogP contribution is -2.33. The molecule has 2 saturated heterocycles. The van der Waals surface area contributed by atoms with Gasteiger partial charge in [0, 0.05) is 18.2 Å². The van der Waals surface area contributed by atoms with Crippen molar-refractivity contribution in [2.75, 3.05) is 24.9 Å². The summed E-state index contributed by atoms with van der Waals surface area (Å²) in [6.07, 6.45) is -6.52. The second-order valence-electron chi connectivity index (χ2n) is 10.6. The van der Waals surface area contributed by atoms with E-state index in [9.17, 15) is 53.3 Å². The number of H-pyrrole nitrogens is 1. The summed E-state index contributed by atoms with van der Waals surface area (Å²) < 4.78 is 64.5. The highest BCUT2D eigenvalue weighted by Gasteiger charge is 2.47. The highest BCUT2D eigenvalue weighted by Crippen LogP contribution is 2.66. The van der Waals surface area contributed by atoms with Crippen LogP contribution in [-0.2, 0) is 36.5 Å². The fraction of sp³-hybridized carbons (Fsp3) is 0.571. The van der Waals surface area contributed by atoms with Crippen LogP contribution >= 0.6 is 23.0 Å². The predicted octanol–water partition coefficient (Wildman–Crippen LogP) is -1.99. The number of aliphatic hydroxyl groups excluding tert-OH is 3. The Bertz CT molecular complexity index is 1900. The molecule has 3 aromatic heterocycles. The number of hydrogen-bond donors (Lipinski definition) is 8. The van der Waals surface area contributed by atoms with Crippen molar-refractivity contribution in [3.05, 3.63) is 45.3 Å². The van der Waals surface area contributed by atoms with Crippen LogP contribution in [0.5, 0.6) is 0 Å². The molecule has 23 nitrogen and oxygen atoms in total. The number of fused-ring (bicyclic) bond motifs is 1. The summed E-state index contributed by atoms with van der Waals surface area (Å²) in [5.74, 6) is -1.67. The van der Waals surface area contributed by atoms with Crippen LogP contribution < -0.4 is 17.0 Å². The molecule has 0 bridgehead atoms. The number of phosphoric acid groups is 1. The lowest BCUT2D eigenvalue weighted by Gasteiger charge is -2.22. The first-order valence-corrected chi connectivity index (χ1v) is 18.5. The van der Waals surface area contributed by atoms with Crippen molar-refractivity contribution in [3.63, 3.8) is 0 Å². The monoisotopic (exact) mass is 729 g/mol. The Morgan fingerprint density at radius 1 is 0.979 bits per heavy atom. The maximum Gasteiger partial charge on any atom is 0.479 e. The van der Waals surface area contributed by atoms with Gasteiger partial charge in [-0.25, -0.2) is 28.6 Å². The lowest BCUT2D eigenvalue weighted by atomic mass is 10.1. The molecule has 0 spiro atoms. The van der Waals surface area contributed by atoms with Gasteiger partial charge in [-0.1, -0.05) is 0 Å². The molecule has 260 valence electrons. The second-order valence-corrected chi connectivity index (χ2v) is 16.4. The van der Waals surface area contributed by atoms with Crippen LogP contribution in [-0.4, -0.2) is 109 Å². The second kappa shape index (κ2) is 13.3. The summed E-state index contributed by atoms with van der Waals surface area (Å²) in [7, 11) is -16.0. The van der Waals surface area contributed by atoms with Gasteiger partial charge < -0.3 is 49.7 Å². The van der Waals surface area contributed by atoms with Gasteiger partial charge in [0.15, 0.2) is 23.6 Å². The third-order valence-electron chi connectivity index (χ3n) is 7.09. The number of phosphoric ester groups is 1. The molecule has 2 fully saturated rings. The Morgan fingerprint density at radius 3 is 2.40 bits per heavy atom. The highest BCUT2D eigenvalue weighted by atomic mass is 31.3. The van der Waals surface area contributed by atoms with Crippen LogP contribution in [0, 0.1) is 6.92 Å². The van der Waals surface area contributed by atoms with Gasteiger partial charge in [0.25, 0.3) is 5.56 Å². The number of aromatic nitrogens is 6. The number of anilines is 1. The van der Waals surface area contributed by atoms with Crippen molar-refractivity contribution in [1.29, 1.82) is 0 Å². The van der Waals surface area contributed by atoms with E-state index in [0.717, 1.165) is 10.9 Å². The number of hydrogen-bond acceptors (Lipinski definition) is 17. The molecule has 5 heterocycles. The number of aliphatic hydroxyl groups is 3. The van der Waals surface area contributed by atoms with Crippen LogP contribution in [0.1, 0.15) is 24.4 Å². The Balaban J connectivity index is 1.14. The maximum atomic E-state index is 12.5. The van der Waals surface area contributed by atoms with E-state index >= 15 is 0 Å². The molecule has 9 N–H and O–H groups in total. The van der Waals surface area contributed by atoms with Gasteiger partial charge in [-0.3, -0.25) is 32.6 Å². The van der Waals surface area contributed by atoms with Crippen molar-refractivity contribution >= 4 is 40.0 Å². The minimum atomic E-state index is -5.48. The highest BCUT2D eigenvalue weighted by molar-refractivity contribution is 7.74. The zero-order valence-corrected chi connectivity index (χ0v) is 26.7. The summed E-state index contributed by atoms with van der Waals surface area (Å²) in [5.41, 5.74) is 4.75. The largest absolute Gasteiger partial charge is 0.479 e. The molecule has 0 aromatic carbocycles. The molecule has 5 rings (SSSR count). The first-order chi connectivity index (χ1) is 21.9. The number of rotatable bonds is 12. The average Bonchev–Trinajstić information content (AvgIpc) is 3.63. The molecular weight excluding hydrogens is 699 g/mol. The van der Waals surface area contributed by atoms with E-state index in [1.807, 2.05) is 0 Å². The Kier molecular flexibility index (Phi) is 10.1. The van der Waals surface area contributed by atoms with Crippen LogP contribution in [0.4, 0.5) is 5.82 Å². The van der Waals surface area contributed by atoms with E-state index < -0.39 is 96.4 Å². The maximum absolute atomic E-state index is 12.5. The van der Waals surface area contributed by atoms with Crippen molar-refractivity contribution in [2.24, 2.45) is 0 Å². The summed E-state index contributed by atoms with van der Waals surface area (Å²) in [4.78, 5) is 67.8. The number of nitrogens with two attached hydrogens (primary N) is 1. The number of aryl methyl sites for hydroxylation is 1. The van der Waals surface area contributed by atoms with Gasteiger partial charge in [0.1, 0.15) is 42.5 Å². The topological polar surface area (TPSA) is 343 Å². The first kappa shape index (κ1) is 35.6. The lowest BCUT2D eigenvalue weighted by molar-refractivity contribution is -0.0501. The minimum absolute atomic E-state index is 0.0279. The predicted molar refractivity (Wildman–Crippen MR) is 154 cm³/mol. The Morgan fingerprint density at radius 2 is 1.68 bits per heavy atom. The van der Waals surface area contributed by atoms with E-state index in [-0.39, 0.29) is 29.0 Å². The fourth-order valence-corrected chi connectivity index (χ4v) is 9.82. The molecule has 0 saturated carbocycles. The summed E-state index contributed by atoms with van der Waals surface area (Å²) >= 11 is 0. The number of imidazole rings is 1. The van der Waals surface area contributed by atoms with Crippen LogP contribution in [0.15, 0.2) is 28.4 Å². The molecule has 2 aliphatic heterocycles. The zero-order valence-electron chi connectivity index (χ0n) is 24.0. The number of aromatic amines is 1. The number of ether oxygens (including phenoxy) is 2. The zero-order chi connectivity index (χ0) is 34.5. The van der Waals surface area contributed by atoms with E-state index in [1.54, 1.807) is 0 Å². The van der Waals surface area contributed by atoms with Crippen LogP contribution in [0.25, 0.3) is 11.2 Å². The van der Waals surface area contributed by atoms with Crippen molar-refractivity contribution < 1.29 is 66.5 Å². The van der Waals surface area contributed by atoms with Gasteiger partial charge in [-0.15, -0.1) is 0 Å². The molecule has 3 aromatic rings. The first-order valence-electron chi connectivity index (χ1n) is 13.4. The van der Waals surface area contributed by atoms with Crippen LogP contribution in [0.3, 0.4) is 0 Å². The van der Waals surface area contributed by atoms with E-state index in [4.69, 9.17) is 19.7 Å². The molecule has 26 heteroatoms. The van der Waals surface area contributed by atoms with E-state index in [1.165, 1.54) is 24.0 Å². The Labute approximate surface area is 262 Å². The smallest absolute Gasteiger partial charge is 0.390 e. The summed E-state index contributed by atoms with van der Waals surface area (Å²) in [6, 6.07) is 0. The van der Waals surface area contributed by atoms with Gasteiger partial charge in [-0.05, 0) is 6.92 Å². The SMILES string of the molecule is Cc1cn(C2C[C@H](O)[C@@H](COP(=O)(O)CP(=O)(O)OP(=O)(O)OC[C@H]3OC(n4cnc5c(N)ncnc54)[C@H](O)[C@@H]3O)O2)c(=O)[nH]c1=O. The number of nitrogen functional groups attached to an aromatic ring is 1. The van der Waals surface area contributed by atoms with E-state index in [2.05, 4.69) is 28.8 Å². The molecular formula is C21H30N7O16P3.